The number of nitrogens with two attached hydrogens (primary N) is 1. The van der Waals surface area contributed by atoms with Gasteiger partial charge < -0.3 is 10.2 Å². The summed E-state index contributed by atoms with van der Waals surface area (Å²) < 4.78 is 0. The van der Waals surface area contributed by atoms with E-state index in [0.29, 0.717) is 17.9 Å². The van der Waals surface area contributed by atoms with Gasteiger partial charge in [-0.2, -0.15) is 4.98 Å². The maximum Gasteiger partial charge on any atom is 0.240 e. The van der Waals surface area contributed by atoms with Crippen LogP contribution in [0.5, 0.6) is 0 Å². The molecule has 3 heterocycles. The van der Waals surface area contributed by atoms with Crippen molar-refractivity contribution >= 4 is 33.3 Å². The van der Waals surface area contributed by atoms with Crippen molar-refractivity contribution in [1.29, 1.82) is 0 Å². The first kappa shape index (κ1) is 14.5. The molecule has 2 aromatic heterocycles. The zero-order valence-electron chi connectivity index (χ0n) is 12.5. The summed E-state index contributed by atoms with van der Waals surface area (Å²) in [4.78, 5) is 12.3. The van der Waals surface area contributed by atoms with Crippen molar-refractivity contribution in [3.05, 3.63) is 11.4 Å². The van der Waals surface area contributed by atoms with Gasteiger partial charge in [0, 0.05) is 19.1 Å². The Morgan fingerprint density at radius 3 is 3.05 bits per heavy atom. The Balaban J connectivity index is 1.69. The molecule has 2 aromatic rings. The molecule has 4 N–H and O–H groups in total. The molecule has 0 radical (unpaired) electrons. The van der Waals surface area contributed by atoms with E-state index in [1.54, 1.807) is 11.3 Å². The van der Waals surface area contributed by atoms with Gasteiger partial charge in [-0.25, -0.2) is 10.8 Å². The maximum absolute atomic E-state index is 5.44. The van der Waals surface area contributed by atoms with Crippen LogP contribution in [0, 0.1) is 5.92 Å². The molecule has 6 nitrogen and oxygen atoms in total. The number of nitrogens with zero attached hydrogens (tertiary/aromatic N) is 3. The number of thiophene rings is 1. The second-order valence-electron chi connectivity index (χ2n) is 5.80. The van der Waals surface area contributed by atoms with Crippen molar-refractivity contribution in [3.8, 4) is 0 Å². The van der Waals surface area contributed by atoms with Crippen molar-refractivity contribution in [2.75, 3.05) is 30.4 Å². The molecule has 0 aromatic carbocycles. The molecule has 1 atom stereocenters. The average Bonchev–Trinajstić information content (AvgIpc) is 3.13. The van der Waals surface area contributed by atoms with E-state index in [9.17, 15) is 0 Å². The largest absolute Gasteiger partial charge is 0.369 e. The lowest BCUT2D eigenvalue weighted by Gasteiger charge is -2.20. The summed E-state index contributed by atoms with van der Waals surface area (Å²) in [5, 5.41) is 6.58. The molecule has 0 bridgehead atoms. The number of anilines is 2. The van der Waals surface area contributed by atoms with Crippen LogP contribution in [-0.4, -0.2) is 40.5 Å². The molecule has 3 rings (SSSR count). The van der Waals surface area contributed by atoms with Crippen LogP contribution in [0.2, 0.25) is 0 Å². The second kappa shape index (κ2) is 6.13. The number of fused-ring (bicyclic) bond motifs is 1. The first-order valence-electron chi connectivity index (χ1n) is 7.37. The number of likely N-dealkylation sites (tertiary alicyclic amines) is 1. The number of aromatic nitrogens is 2. The Morgan fingerprint density at radius 2 is 2.33 bits per heavy atom. The summed E-state index contributed by atoms with van der Waals surface area (Å²) in [6.45, 7) is 7.81. The van der Waals surface area contributed by atoms with Gasteiger partial charge in [-0.3, -0.25) is 5.43 Å². The molecule has 7 heteroatoms. The lowest BCUT2D eigenvalue weighted by atomic mass is 10.1. The Bertz CT molecular complexity index is 611. The molecule has 1 unspecified atom stereocenters. The number of hydrogen-bond donors (Lipinski definition) is 3. The quantitative estimate of drug-likeness (QED) is 0.580. The number of hydrogen-bond acceptors (Lipinski definition) is 7. The third-order valence-corrected chi connectivity index (χ3v) is 4.87. The number of nitrogen functional groups attached to an aromatic ring is 1. The topological polar surface area (TPSA) is 79.1 Å². The van der Waals surface area contributed by atoms with E-state index >= 15 is 0 Å². The Morgan fingerprint density at radius 1 is 1.48 bits per heavy atom. The minimum absolute atomic E-state index is 0.461. The highest BCUT2D eigenvalue weighted by Crippen LogP contribution is 2.27. The normalized spacial score (nSPS) is 19.5. The number of hydrazine groups is 1. The van der Waals surface area contributed by atoms with Crippen molar-refractivity contribution in [3.63, 3.8) is 0 Å². The van der Waals surface area contributed by atoms with Crippen molar-refractivity contribution in [2.45, 2.75) is 26.3 Å². The van der Waals surface area contributed by atoms with Crippen LogP contribution in [0.1, 0.15) is 20.3 Å². The third-order valence-electron chi connectivity index (χ3n) is 4.06. The zero-order valence-corrected chi connectivity index (χ0v) is 13.3. The molecular weight excluding hydrogens is 284 g/mol. The minimum Gasteiger partial charge on any atom is -0.369 e. The van der Waals surface area contributed by atoms with Crippen LogP contribution in [0.25, 0.3) is 10.2 Å². The fraction of sp³-hybridized carbons (Fsp3) is 0.571. The molecule has 0 amide bonds. The van der Waals surface area contributed by atoms with Crippen LogP contribution in [0.3, 0.4) is 0 Å². The molecule has 114 valence electrons. The van der Waals surface area contributed by atoms with Crippen LogP contribution in [0.15, 0.2) is 11.4 Å². The van der Waals surface area contributed by atoms with Crippen molar-refractivity contribution in [2.24, 2.45) is 11.8 Å². The number of rotatable bonds is 5. The molecule has 0 saturated carbocycles. The molecule has 1 aliphatic rings. The van der Waals surface area contributed by atoms with E-state index < -0.39 is 0 Å². The molecule has 0 aliphatic carbocycles. The first-order chi connectivity index (χ1) is 10.2. The fourth-order valence-corrected chi connectivity index (χ4v) is 3.56. The van der Waals surface area contributed by atoms with E-state index in [-0.39, 0.29) is 0 Å². The summed E-state index contributed by atoms with van der Waals surface area (Å²) >= 11 is 1.60. The summed E-state index contributed by atoms with van der Waals surface area (Å²) in [7, 11) is 0. The lowest BCUT2D eigenvalue weighted by molar-refractivity contribution is 0.266. The molecule has 21 heavy (non-hydrogen) atoms. The van der Waals surface area contributed by atoms with Gasteiger partial charge in [0.05, 0.1) is 5.39 Å². The van der Waals surface area contributed by atoms with E-state index in [1.807, 2.05) is 5.38 Å². The molecule has 1 aliphatic heterocycles. The Kier molecular flexibility index (Phi) is 4.23. The van der Waals surface area contributed by atoms with E-state index in [2.05, 4.69) is 45.5 Å². The highest BCUT2D eigenvalue weighted by atomic mass is 32.1. The molecule has 0 spiro atoms. The minimum atomic E-state index is 0.461. The summed E-state index contributed by atoms with van der Waals surface area (Å²) in [5.41, 5.74) is 2.54. The van der Waals surface area contributed by atoms with Gasteiger partial charge in [0.1, 0.15) is 10.6 Å². The predicted octanol–water partition coefficient (Wildman–Crippen LogP) is 2.12. The SMILES string of the molecule is CC(C)N1CCC(CNc2nc(NN)nc3sccc23)C1. The predicted molar refractivity (Wildman–Crippen MR) is 88.5 cm³/mol. The number of nitrogens with one attached hydrogen (secondary N) is 2. The van der Waals surface area contributed by atoms with E-state index in [0.717, 1.165) is 29.1 Å². The van der Waals surface area contributed by atoms with Crippen LogP contribution in [-0.2, 0) is 0 Å². The van der Waals surface area contributed by atoms with Crippen molar-refractivity contribution < 1.29 is 0 Å². The van der Waals surface area contributed by atoms with Gasteiger partial charge in [0.15, 0.2) is 0 Å². The summed E-state index contributed by atoms with van der Waals surface area (Å²) in [6, 6.07) is 2.68. The van der Waals surface area contributed by atoms with Crippen LogP contribution < -0.4 is 16.6 Å². The highest BCUT2D eigenvalue weighted by molar-refractivity contribution is 7.16. The van der Waals surface area contributed by atoms with Gasteiger partial charge in [0.2, 0.25) is 5.95 Å². The first-order valence-corrected chi connectivity index (χ1v) is 8.25. The van der Waals surface area contributed by atoms with Gasteiger partial charge in [0.25, 0.3) is 0 Å². The molecular formula is C14H22N6S. The summed E-state index contributed by atoms with van der Waals surface area (Å²) in [5.74, 6) is 7.45. The van der Waals surface area contributed by atoms with Gasteiger partial charge in [-0.15, -0.1) is 11.3 Å². The summed E-state index contributed by atoms with van der Waals surface area (Å²) in [6.07, 6.45) is 1.24. The van der Waals surface area contributed by atoms with Gasteiger partial charge in [-0.05, 0) is 44.2 Å². The van der Waals surface area contributed by atoms with E-state index in [4.69, 9.17) is 5.84 Å². The smallest absolute Gasteiger partial charge is 0.240 e. The Labute approximate surface area is 128 Å². The second-order valence-corrected chi connectivity index (χ2v) is 6.70. The standard InChI is InChI=1S/C14H22N6S/c1-9(2)20-5-3-10(8-20)7-16-12-11-4-6-21-13(11)18-14(17-12)19-15/h4,6,9-10H,3,5,7-8,15H2,1-2H3,(H2,16,17,18,19). The van der Waals surface area contributed by atoms with Crippen LogP contribution >= 0.6 is 11.3 Å². The Hall–Kier alpha value is -1.44. The van der Waals surface area contributed by atoms with Gasteiger partial charge >= 0.3 is 0 Å². The van der Waals surface area contributed by atoms with E-state index in [1.165, 1.54) is 13.0 Å². The average molecular weight is 306 g/mol. The van der Waals surface area contributed by atoms with Gasteiger partial charge in [-0.1, -0.05) is 0 Å². The molecule has 1 saturated heterocycles. The molecule has 1 fully saturated rings. The zero-order chi connectivity index (χ0) is 14.8. The maximum atomic E-state index is 5.44. The van der Waals surface area contributed by atoms with Crippen molar-refractivity contribution in [1.82, 2.24) is 14.9 Å². The highest BCUT2D eigenvalue weighted by Gasteiger charge is 2.24. The monoisotopic (exact) mass is 306 g/mol. The lowest BCUT2D eigenvalue weighted by Crippen LogP contribution is -2.29. The van der Waals surface area contributed by atoms with Crippen LogP contribution in [0.4, 0.5) is 11.8 Å². The third kappa shape index (κ3) is 3.09. The fourth-order valence-electron chi connectivity index (χ4n) is 2.79.